The quantitative estimate of drug-likeness (QED) is 0.768. The lowest BCUT2D eigenvalue weighted by atomic mass is 9.64. The average molecular weight is 299 g/mol. The zero-order chi connectivity index (χ0) is 15.7. The lowest BCUT2D eigenvalue weighted by Crippen LogP contribution is -2.72. The van der Waals surface area contributed by atoms with E-state index in [1.54, 1.807) is 0 Å². The highest BCUT2D eigenvalue weighted by Gasteiger charge is 2.58. The fourth-order valence-corrected chi connectivity index (χ4v) is 3.55. The molecule has 122 valence electrons. The molecule has 2 rings (SSSR count). The molecular formula is C16H29NO4. The molecule has 5 nitrogen and oxygen atoms in total. The van der Waals surface area contributed by atoms with Crippen LogP contribution in [0.25, 0.3) is 0 Å². The highest BCUT2D eigenvalue weighted by atomic mass is 16.6. The number of rotatable bonds is 2. The van der Waals surface area contributed by atoms with Gasteiger partial charge in [-0.25, -0.2) is 4.79 Å². The summed E-state index contributed by atoms with van der Waals surface area (Å²) in [5, 5.41) is 20.8. The summed E-state index contributed by atoms with van der Waals surface area (Å²) in [6, 6.07) is 0. The maximum Gasteiger partial charge on any atom is 0.410 e. The summed E-state index contributed by atoms with van der Waals surface area (Å²) >= 11 is 0. The first kappa shape index (κ1) is 16.6. The van der Waals surface area contributed by atoms with Crippen molar-refractivity contribution in [3.8, 4) is 0 Å². The molecule has 0 bridgehead atoms. The maximum absolute atomic E-state index is 12.0. The fraction of sp³-hybridized carbons (Fsp3) is 0.938. The molecule has 5 heteroatoms. The third kappa shape index (κ3) is 3.34. The predicted octanol–water partition coefficient (Wildman–Crippen LogP) is 2.30. The van der Waals surface area contributed by atoms with Gasteiger partial charge in [-0.1, -0.05) is 25.7 Å². The third-order valence-corrected chi connectivity index (χ3v) is 4.91. The summed E-state index contributed by atoms with van der Waals surface area (Å²) in [7, 11) is 0. The van der Waals surface area contributed by atoms with E-state index in [0.717, 1.165) is 38.5 Å². The number of ether oxygens (including phenoxy) is 1. The summed E-state index contributed by atoms with van der Waals surface area (Å²) in [6.45, 7) is 6.02. The molecule has 0 aromatic heterocycles. The van der Waals surface area contributed by atoms with E-state index >= 15 is 0 Å². The topological polar surface area (TPSA) is 70.0 Å². The van der Waals surface area contributed by atoms with Crippen molar-refractivity contribution in [1.82, 2.24) is 4.90 Å². The molecule has 2 aliphatic rings. The standard InChI is InChI=1S/C16H29NO4/c1-14(2,3)21-13(19)17-10-16(20,11-17)15(12-18)8-6-4-5-7-9-15/h18,20H,4-12H2,1-3H3. The number of β-amino-alcohol motifs (C(OH)–C–C–N with tert-alkyl or cyclic N) is 1. The molecule has 1 heterocycles. The molecule has 0 aromatic rings. The summed E-state index contributed by atoms with van der Waals surface area (Å²) in [6.07, 6.45) is 5.68. The number of carbonyl (C=O) groups excluding carboxylic acids is 1. The second-order valence-electron chi connectivity index (χ2n) is 7.72. The van der Waals surface area contributed by atoms with Crippen LogP contribution in [0.1, 0.15) is 59.3 Å². The largest absolute Gasteiger partial charge is 0.444 e. The first-order valence-corrected chi connectivity index (χ1v) is 8.03. The van der Waals surface area contributed by atoms with Crippen LogP contribution in [-0.2, 0) is 4.74 Å². The minimum Gasteiger partial charge on any atom is -0.444 e. The Bertz CT molecular complexity index is 374. The minimum atomic E-state index is -0.969. The maximum atomic E-state index is 12.0. The van der Waals surface area contributed by atoms with Crippen molar-refractivity contribution >= 4 is 6.09 Å². The molecule has 2 N–H and O–H groups in total. The van der Waals surface area contributed by atoms with E-state index in [1.165, 1.54) is 4.90 Å². The average Bonchev–Trinajstić information content (AvgIpc) is 2.59. The Hall–Kier alpha value is -0.810. The van der Waals surface area contributed by atoms with Crippen molar-refractivity contribution in [3.05, 3.63) is 0 Å². The van der Waals surface area contributed by atoms with Gasteiger partial charge in [-0.15, -0.1) is 0 Å². The molecule has 1 saturated carbocycles. The zero-order valence-corrected chi connectivity index (χ0v) is 13.5. The van der Waals surface area contributed by atoms with E-state index in [4.69, 9.17) is 4.74 Å². The smallest absolute Gasteiger partial charge is 0.410 e. The molecule has 1 amide bonds. The Morgan fingerprint density at radius 1 is 1.14 bits per heavy atom. The first-order chi connectivity index (χ1) is 9.71. The highest BCUT2D eigenvalue weighted by Crippen LogP contribution is 2.48. The SMILES string of the molecule is CC(C)(C)OC(=O)N1CC(O)(C2(CO)CCCCCC2)C1. The number of nitrogens with zero attached hydrogens (tertiary/aromatic N) is 1. The van der Waals surface area contributed by atoms with Crippen LogP contribution in [0, 0.1) is 5.41 Å². The van der Waals surface area contributed by atoms with Gasteiger partial charge in [0.15, 0.2) is 0 Å². The van der Waals surface area contributed by atoms with Crippen LogP contribution in [0.2, 0.25) is 0 Å². The molecule has 0 aromatic carbocycles. The van der Waals surface area contributed by atoms with E-state index < -0.39 is 16.6 Å². The second kappa shape index (κ2) is 5.76. The van der Waals surface area contributed by atoms with Crippen molar-refractivity contribution in [1.29, 1.82) is 0 Å². The van der Waals surface area contributed by atoms with Gasteiger partial charge in [0.1, 0.15) is 11.2 Å². The Labute approximate surface area is 127 Å². The number of aliphatic hydroxyl groups excluding tert-OH is 1. The Morgan fingerprint density at radius 2 is 1.67 bits per heavy atom. The van der Waals surface area contributed by atoms with Gasteiger partial charge >= 0.3 is 6.09 Å². The number of hydrogen-bond acceptors (Lipinski definition) is 4. The summed E-state index contributed by atoms with van der Waals surface area (Å²) in [5.74, 6) is 0. The van der Waals surface area contributed by atoms with E-state index in [1.807, 2.05) is 20.8 Å². The molecule has 0 spiro atoms. The Balaban J connectivity index is 2.00. The van der Waals surface area contributed by atoms with Gasteiger partial charge in [-0.05, 0) is 33.6 Å². The van der Waals surface area contributed by atoms with Crippen LogP contribution in [-0.4, -0.2) is 52.1 Å². The molecular weight excluding hydrogens is 270 g/mol. The van der Waals surface area contributed by atoms with E-state index in [-0.39, 0.29) is 25.8 Å². The van der Waals surface area contributed by atoms with E-state index in [2.05, 4.69) is 0 Å². The number of carbonyl (C=O) groups is 1. The lowest BCUT2D eigenvalue weighted by Gasteiger charge is -2.56. The zero-order valence-electron chi connectivity index (χ0n) is 13.5. The van der Waals surface area contributed by atoms with Gasteiger partial charge in [0.2, 0.25) is 0 Å². The number of aliphatic hydroxyl groups is 2. The summed E-state index contributed by atoms with van der Waals surface area (Å²) < 4.78 is 5.33. The normalized spacial score (nSPS) is 24.9. The molecule has 1 aliphatic carbocycles. The van der Waals surface area contributed by atoms with Crippen LogP contribution in [0.15, 0.2) is 0 Å². The minimum absolute atomic E-state index is 0.00828. The number of hydrogen-bond donors (Lipinski definition) is 2. The van der Waals surface area contributed by atoms with Crippen molar-refractivity contribution < 1.29 is 19.7 Å². The van der Waals surface area contributed by atoms with Gasteiger partial charge in [0, 0.05) is 5.41 Å². The van der Waals surface area contributed by atoms with Crippen LogP contribution < -0.4 is 0 Å². The third-order valence-electron chi connectivity index (χ3n) is 4.91. The summed E-state index contributed by atoms with van der Waals surface area (Å²) in [5.41, 5.74) is -1.95. The van der Waals surface area contributed by atoms with Gasteiger partial charge in [-0.2, -0.15) is 0 Å². The van der Waals surface area contributed by atoms with Crippen molar-refractivity contribution in [3.63, 3.8) is 0 Å². The fourth-order valence-electron chi connectivity index (χ4n) is 3.55. The van der Waals surface area contributed by atoms with Crippen molar-refractivity contribution in [2.24, 2.45) is 5.41 Å². The second-order valence-corrected chi connectivity index (χ2v) is 7.72. The predicted molar refractivity (Wildman–Crippen MR) is 80.0 cm³/mol. The highest BCUT2D eigenvalue weighted by molar-refractivity contribution is 5.69. The Morgan fingerprint density at radius 3 is 2.10 bits per heavy atom. The van der Waals surface area contributed by atoms with Crippen LogP contribution in [0.3, 0.4) is 0 Å². The number of likely N-dealkylation sites (tertiary alicyclic amines) is 1. The summed E-state index contributed by atoms with van der Waals surface area (Å²) in [4.78, 5) is 13.5. The van der Waals surface area contributed by atoms with E-state index in [9.17, 15) is 15.0 Å². The Kier molecular flexibility index (Phi) is 4.54. The molecule has 1 saturated heterocycles. The van der Waals surface area contributed by atoms with Gasteiger partial charge in [0.05, 0.1) is 19.7 Å². The van der Waals surface area contributed by atoms with E-state index in [0.29, 0.717) is 0 Å². The molecule has 1 aliphatic heterocycles. The van der Waals surface area contributed by atoms with Crippen LogP contribution in [0.5, 0.6) is 0 Å². The molecule has 0 atom stereocenters. The lowest BCUT2D eigenvalue weighted by molar-refractivity contribution is -0.191. The molecule has 0 unspecified atom stereocenters. The molecule has 2 fully saturated rings. The van der Waals surface area contributed by atoms with Crippen molar-refractivity contribution in [2.75, 3.05) is 19.7 Å². The monoisotopic (exact) mass is 299 g/mol. The molecule has 21 heavy (non-hydrogen) atoms. The van der Waals surface area contributed by atoms with Gasteiger partial charge in [-0.3, -0.25) is 0 Å². The van der Waals surface area contributed by atoms with Gasteiger partial charge < -0.3 is 19.8 Å². The van der Waals surface area contributed by atoms with Crippen LogP contribution in [0.4, 0.5) is 4.79 Å². The van der Waals surface area contributed by atoms with Crippen molar-refractivity contribution in [2.45, 2.75) is 70.5 Å². The number of amides is 1. The van der Waals surface area contributed by atoms with Gasteiger partial charge in [0.25, 0.3) is 0 Å². The van der Waals surface area contributed by atoms with Crippen LogP contribution >= 0.6 is 0 Å². The first-order valence-electron chi connectivity index (χ1n) is 8.03. The molecule has 0 radical (unpaired) electrons.